The van der Waals surface area contributed by atoms with Gasteiger partial charge in [0.1, 0.15) is 0 Å². The fourth-order valence-corrected chi connectivity index (χ4v) is 0.451. The first kappa shape index (κ1) is 7.66. The Morgan fingerprint density at radius 2 is 2.25 bits per heavy atom. The van der Waals surface area contributed by atoms with Crippen LogP contribution >= 0.6 is 0 Å². The van der Waals surface area contributed by atoms with Crippen LogP contribution in [0.25, 0.3) is 0 Å². The molecule has 0 saturated carbocycles. The van der Waals surface area contributed by atoms with Crippen LogP contribution in [-0.4, -0.2) is 6.54 Å². The molecule has 0 fully saturated rings. The molecule has 0 radical (unpaired) electrons. The second-order valence-corrected chi connectivity index (χ2v) is 1.62. The Labute approximate surface area is 50.7 Å². The molecule has 0 heterocycles. The number of rotatable bonds is 4. The first-order chi connectivity index (χ1) is 3.91. The van der Waals surface area contributed by atoms with Crippen molar-refractivity contribution in [1.82, 2.24) is 5.43 Å². The van der Waals surface area contributed by atoms with Gasteiger partial charge in [0.15, 0.2) is 0 Å². The highest BCUT2D eigenvalue weighted by atomic mass is 15.2. The van der Waals surface area contributed by atoms with Gasteiger partial charge < -0.3 is 0 Å². The molecule has 0 amide bonds. The molecule has 0 aromatic carbocycles. The van der Waals surface area contributed by atoms with Gasteiger partial charge in [0.25, 0.3) is 0 Å². The largest absolute Gasteiger partial charge is 0.271 e. The fraction of sp³-hybridized carbons (Fsp3) is 0.667. The van der Waals surface area contributed by atoms with Gasteiger partial charge in [-0.1, -0.05) is 19.1 Å². The number of nitrogens with one attached hydrogen (secondary N) is 1. The fourth-order valence-electron chi connectivity index (χ4n) is 0.451. The van der Waals surface area contributed by atoms with Crippen molar-refractivity contribution in [2.24, 2.45) is 5.84 Å². The van der Waals surface area contributed by atoms with E-state index in [1.54, 1.807) is 0 Å². The van der Waals surface area contributed by atoms with E-state index in [0.717, 1.165) is 19.4 Å². The second kappa shape index (κ2) is 6.66. The molecule has 0 aliphatic rings. The van der Waals surface area contributed by atoms with E-state index in [9.17, 15) is 0 Å². The summed E-state index contributed by atoms with van der Waals surface area (Å²) in [4.78, 5) is 0. The quantitative estimate of drug-likeness (QED) is 0.245. The highest BCUT2D eigenvalue weighted by Crippen LogP contribution is 1.82. The summed E-state index contributed by atoms with van der Waals surface area (Å²) in [5.41, 5.74) is 2.58. The van der Waals surface area contributed by atoms with Crippen LogP contribution in [0.3, 0.4) is 0 Å². The van der Waals surface area contributed by atoms with Gasteiger partial charge >= 0.3 is 0 Å². The summed E-state index contributed by atoms with van der Waals surface area (Å²) in [6.45, 7) is 2.99. The molecule has 0 saturated heterocycles. The van der Waals surface area contributed by atoms with E-state index in [-0.39, 0.29) is 0 Å². The van der Waals surface area contributed by atoms with Crippen LogP contribution < -0.4 is 11.3 Å². The maximum absolute atomic E-state index is 5.03. The topological polar surface area (TPSA) is 38.0 Å². The molecule has 2 nitrogen and oxygen atoms in total. The van der Waals surface area contributed by atoms with Gasteiger partial charge in [-0.2, -0.15) is 0 Å². The first-order valence-corrected chi connectivity index (χ1v) is 3.00. The summed E-state index contributed by atoms with van der Waals surface area (Å²) in [6.07, 6.45) is 6.41. The standard InChI is InChI=1S/C6H14N2/c1-2-3-4-5-6-8-7/h3-4,8H,2,5-7H2,1H3. The second-order valence-electron chi connectivity index (χ2n) is 1.62. The molecule has 0 unspecified atom stereocenters. The van der Waals surface area contributed by atoms with Crippen LogP contribution in [0.5, 0.6) is 0 Å². The normalized spacial score (nSPS) is 10.8. The minimum absolute atomic E-state index is 0.872. The molecular formula is C6H14N2. The zero-order valence-corrected chi connectivity index (χ0v) is 5.35. The van der Waals surface area contributed by atoms with Crippen LogP contribution in [0, 0.1) is 0 Å². The lowest BCUT2D eigenvalue weighted by Gasteiger charge is -1.89. The van der Waals surface area contributed by atoms with Gasteiger partial charge in [-0.15, -0.1) is 0 Å². The molecule has 8 heavy (non-hydrogen) atoms. The molecule has 0 rings (SSSR count). The van der Waals surface area contributed by atoms with E-state index < -0.39 is 0 Å². The summed E-state index contributed by atoms with van der Waals surface area (Å²) in [5, 5.41) is 0. The predicted octanol–water partition coefficient (Wildman–Crippen LogP) is 0.806. The van der Waals surface area contributed by atoms with E-state index in [0.29, 0.717) is 0 Å². The van der Waals surface area contributed by atoms with Crippen LogP contribution in [0.1, 0.15) is 19.8 Å². The van der Waals surface area contributed by atoms with Crippen molar-refractivity contribution < 1.29 is 0 Å². The SMILES string of the molecule is CCC=CCCNN. The van der Waals surface area contributed by atoms with E-state index in [1.165, 1.54) is 0 Å². The molecule has 48 valence electrons. The number of allylic oxidation sites excluding steroid dienone is 1. The minimum Gasteiger partial charge on any atom is -0.271 e. The van der Waals surface area contributed by atoms with Crippen LogP contribution in [0.4, 0.5) is 0 Å². The van der Waals surface area contributed by atoms with Gasteiger partial charge in [0, 0.05) is 6.54 Å². The Bertz CT molecular complexity index is 59.5. The van der Waals surface area contributed by atoms with Crippen molar-refractivity contribution in [3.8, 4) is 0 Å². The molecule has 0 aromatic rings. The molecule has 3 N–H and O–H groups in total. The molecule has 0 aliphatic heterocycles. The molecule has 0 spiro atoms. The number of nitrogens with two attached hydrogens (primary N) is 1. The summed E-state index contributed by atoms with van der Waals surface area (Å²) in [7, 11) is 0. The van der Waals surface area contributed by atoms with Gasteiger partial charge in [0.05, 0.1) is 0 Å². The zero-order chi connectivity index (χ0) is 6.24. The summed E-state index contributed by atoms with van der Waals surface area (Å²) < 4.78 is 0. The monoisotopic (exact) mass is 114 g/mol. The minimum atomic E-state index is 0.872. The van der Waals surface area contributed by atoms with Gasteiger partial charge in [-0.05, 0) is 12.8 Å². The van der Waals surface area contributed by atoms with Crippen molar-refractivity contribution in [2.45, 2.75) is 19.8 Å². The van der Waals surface area contributed by atoms with Crippen molar-refractivity contribution >= 4 is 0 Å². The molecule has 0 bridgehead atoms. The van der Waals surface area contributed by atoms with Crippen LogP contribution in [0.2, 0.25) is 0 Å². The number of hydrazine groups is 1. The van der Waals surface area contributed by atoms with E-state index in [4.69, 9.17) is 5.84 Å². The zero-order valence-electron chi connectivity index (χ0n) is 5.35. The van der Waals surface area contributed by atoms with Crippen molar-refractivity contribution in [2.75, 3.05) is 6.54 Å². The average Bonchev–Trinajstić information content (AvgIpc) is 1.81. The Morgan fingerprint density at radius 3 is 2.75 bits per heavy atom. The smallest absolute Gasteiger partial charge is 0.0132 e. The number of hydrogen-bond donors (Lipinski definition) is 2. The molecule has 0 aromatic heterocycles. The molecule has 0 aliphatic carbocycles. The molecule has 0 atom stereocenters. The summed E-state index contributed by atoms with van der Waals surface area (Å²) in [6, 6.07) is 0. The summed E-state index contributed by atoms with van der Waals surface area (Å²) in [5.74, 6) is 5.03. The highest BCUT2D eigenvalue weighted by Gasteiger charge is 1.72. The Hall–Kier alpha value is -0.340. The van der Waals surface area contributed by atoms with Gasteiger partial charge in [-0.25, -0.2) is 0 Å². The lowest BCUT2D eigenvalue weighted by Crippen LogP contribution is -2.22. The third kappa shape index (κ3) is 5.66. The Morgan fingerprint density at radius 1 is 1.50 bits per heavy atom. The maximum atomic E-state index is 5.03. The van der Waals surface area contributed by atoms with Crippen molar-refractivity contribution in [3.63, 3.8) is 0 Å². The van der Waals surface area contributed by atoms with Gasteiger partial charge in [0.2, 0.25) is 0 Å². The average molecular weight is 114 g/mol. The van der Waals surface area contributed by atoms with E-state index in [2.05, 4.69) is 24.5 Å². The predicted molar refractivity (Wildman–Crippen MR) is 36.2 cm³/mol. The Kier molecular flexibility index (Phi) is 6.38. The van der Waals surface area contributed by atoms with Crippen LogP contribution in [-0.2, 0) is 0 Å². The third-order valence-corrected chi connectivity index (χ3v) is 0.858. The lowest BCUT2D eigenvalue weighted by molar-refractivity contribution is 0.739. The van der Waals surface area contributed by atoms with Crippen molar-refractivity contribution in [1.29, 1.82) is 0 Å². The van der Waals surface area contributed by atoms with Crippen LogP contribution in [0.15, 0.2) is 12.2 Å². The van der Waals surface area contributed by atoms with E-state index >= 15 is 0 Å². The molecule has 2 heteroatoms. The van der Waals surface area contributed by atoms with Crippen molar-refractivity contribution in [3.05, 3.63) is 12.2 Å². The highest BCUT2D eigenvalue weighted by molar-refractivity contribution is 4.79. The number of hydrogen-bond acceptors (Lipinski definition) is 2. The molecular weight excluding hydrogens is 100 g/mol. The van der Waals surface area contributed by atoms with Gasteiger partial charge in [-0.3, -0.25) is 11.3 Å². The third-order valence-electron chi connectivity index (χ3n) is 0.858. The summed E-state index contributed by atoms with van der Waals surface area (Å²) >= 11 is 0. The van der Waals surface area contributed by atoms with E-state index in [1.807, 2.05) is 0 Å². The lowest BCUT2D eigenvalue weighted by atomic mass is 10.3. The maximum Gasteiger partial charge on any atom is 0.0132 e. The first-order valence-electron chi connectivity index (χ1n) is 3.00. The Balaban J connectivity index is 2.80.